The molecule has 1 unspecified atom stereocenters. The van der Waals surface area contributed by atoms with Crippen LogP contribution in [0.3, 0.4) is 0 Å². The van der Waals surface area contributed by atoms with Gasteiger partial charge in [0.05, 0.1) is 16.8 Å². The third kappa shape index (κ3) is 3.88. The summed E-state index contributed by atoms with van der Waals surface area (Å²) in [4.78, 5) is 38.1. The summed E-state index contributed by atoms with van der Waals surface area (Å²) in [5.41, 5.74) is 0.714. The Morgan fingerprint density at radius 3 is 2.52 bits per heavy atom. The van der Waals surface area contributed by atoms with E-state index in [0.717, 1.165) is 31.2 Å². The van der Waals surface area contributed by atoms with Gasteiger partial charge in [-0.15, -0.1) is 0 Å². The van der Waals surface area contributed by atoms with Gasteiger partial charge >= 0.3 is 5.97 Å². The molecule has 0 saturated heterocycles. The number of ether oxygens (including phenoxy) is 1. The number of hydrogen-bond acceptors (Lipinski definition) is 4. The fourth-order valence-corrected chi connectivity index (χ4v) is 4.04. The van der Waals surface area contributed by atoms with E-state index in [4.69, 9.17) is 4.74 Å². The molecule has 6 heteroatoms. The average Bonchev–Trinajstić information content (AvgIpc) is 3.21. The molecule has 1 aliphatic carbocycles. The zero-order valence-corrected chi connectivity index (χ0v) is 16.4. The lowest BCUT2D eigenvalue weighted by atomic mass is 9.89. The van der Waals surface area contributed by atoms with Gasteiger partial charge in [-0.1, -0.05) is 43.2 Å². The van der Waals surface area contributed by atoms with Crippen LogP contribution in [0.1, 0.15) is 58.9 Å². The van der Waals surface area contributed by atoms with Gasteiger partial charge in [0, 0.05) is 12.5 Å². The van der Waals surface area contributed by atoms with E-state index in [2.05, 4.69) is 10.6 Å². The monoisotopic (exact) mass is 392 g/mol. The van der Waals surface area contributed by atoms with Gasteiger partial charge in [0.2, 0.25) is 0 Å². The van der Waals surface area contributed by atoms with Gasteiger partial charge in [-0.2, -0.15) is 0 Å². The summed E-state index contributed by atoms with van der Waals surface area (Å²) < 4.78 is 5.49. The van der Waals surface area contributed by atoms with Crippen molar-refractivity contribution in [2.45, 2.75) is 50.7 Å². The number of benzene rings is 2. The first kappa shape index (κ1) is 19.2. The molecule has 6 nitrogen and oxygen atoms in total. The van der Waals surface area contributed by atoms with Crippen LogP contribution in [0.5, 0.6) is 0 Å². The van der Waals surface area contributed by atoms with Crippen molar-refractivity contribution in [1.82, 2.24) is 5.32 Å². The fraction of sp³-hybridized carbons (Fsp3) is 0.348. The minimum atomic E-state index is -1.35. The first-order chi connectivity index (χ1) is 14.0. The van der Waals surface area contributed by atoms with E-state index in [1.54, 1.807) is 43.3 Å². The van der Waals surface area contributed by atoms with Crippen LogP contribution < -0.4 is 10.6 Å². The van der Waals surface area contributed by atoms with Crippen LogP contribution in [-0.4, -0.2) is 29.4 Å². The molecule has 29 heavy (non-hydrogen) atoms. The highest BCUT2D eigenvalue weighted by molar-refractivity contribution is 6.07. The van der Waals surface area contributed by atoms with Crippen molar-refractivity contribution in [3.05, 3.63) is 65.2 Å². The predicted octanol–water partition coefficient (Wildman–Crippen LogP) is 3.47. The molecule has 0 radical (unpaired) electrons. The standard InChI is InChI=1S/C23H24N2O4/c1-23(14-15-8-2-5-11-17(15)21(27)29-23)22(28)25-19-13-7-6-12-18(19)20(26)24-16-9-3-4-10-16/h2,5-8,11-13,16H,3-4,9-10,14H2,1H3,(H,24,26)(H,25,28). The molecule has 150 valence electrons. The van der Waals surface area contributed by atoms with Crippen LogP contribution in [0.4, 0.5) is 5.69 Å². The minimum absolute atomic E-state index is 0.180. The Morgan fingerprint density at radius 1 is 1.03 bits per heavy atom. The summed E-state index contributed by atoms with van der Waals surface area (Å²) in [5, 5.41) is 5.84. The number of amides is 2. The Balaban J connectivity index is 1.53. The van der Waals surface area contributed by atoms with Crippen LogP contribution in [0.25, 0.3) is 0 Å². The first-order valence-electron chi connectivity index (χ1n) is 9.99. The van der Waals surface area contributed by atoms with E-state index in [0.29, 0.717) is 16.8 Å². The fourth-order valence-electron chi connectivity index (χ4n) is 4.04. The maximum Gasteiger partial charge on any atom is 0.339 e. The summed E-state index contributed by atoms with van der Waals surface area (Å²) >= 11 is 0. The van der Waals surface area contributed by atoms with Crippen molar-refractivity contribution in [2.75, 3.05) is 5.32 Å². The third-order valence-electron chi connectivity index (χ3n) is 5.67. The maximum absolute atomic E-state index is 13.0. The number of carbonyl (C=O) groups excluding carboxylic acids is 3. The SMILES string of the molecule is CC1(C(=O)Nc2ccccc2C(=O)NC2CCCC2)Cc2ccccc2C(=O)O1. The van der Waals surface area contributed by atoms with Gasteiger partial charge in [-0.05, 0) is 43.5 Å². The summed E-state index contributed by atoms with van der Waals surface area (Å²) in [7, 11) is 0. The smallest absolute Gasteiger partial charge is 0.339 e. The van der Waals surface area contributed by atoms with Gasteiger partial charge < -0.3 is 15.4 Å². The van der Waals surface area contributed by atoms with E-state index in [9.17, 15) is 14.4 Å². The molecule has 1 aliphatic heterocycles. The number of esters is 1. The molecule has 1 heterocycles. The Labute approximate surface area is 169 Å². The van der Waals surface area contributed by atoms with Crippen molar-refractivity contribution in [3.8, 4) is 0 Å². The molecular weight excluding hydrogens is 368 g/mol. The number of para-hydroxylation sites is 1. The molecule has 2 aliphatic rings. The molecular formula is C23H24N2O4. The van der Waals surface area contributed by atoms with Crippen LogP contribution in [0.15, 0.2) is 48.5 Å². The highest BCUT2D eigenvalue weighted by atomic mass is 16.6. The molecule has 4 rings (SSSR count). The first-order valence-corrected chi connectivity index (χ1v) is 9.99. The van der Waals surface area contributed by atoms with E-state index < -0.39 is 17.5 Å². The Kier molecular flexibility index (Phi) is 5.09. The second-order valence-electron chi connectivity index (χ2n) is 7.91. The zero-order chi connectivity index (χ0) is 20.4. The maximum atomic E-state index is 13.0. The van der Waals surface area contributed by atoms with Crippen LogP contribution >= 0.6 is 0 Å². The third-order valence-corrected chi connectivity index (χ3v) is 5.67. The van der Waals surface area contributed by atoms with Crippen molar-refractivity contribution in [2.24, 2.45) is 0 Å². The summed E-state index contributed by atoms with van der Waals surface area (Å²) in [6, 6.07) is 14.2. The Hall–Kier alpha value is -3.15. The lowest BCUT2D eigenvalue weighted by Crippen LogP contribution is -2.49. The Morgan fingerprint density at radius 2 is 1.72 bits per heavy atom. The Bertz CT molecular complexity index is 965. The van der Waals surface area contributed by atoms with Gasteiger partial charge in [0.25, 0.3) is 11.8 Å². The molecule has 1 atom stereocenters. The zero-order valence-electron chi connectivity index (χ0n) is 16.4. The number of fused-ring (bicyclic) bond motifs is 1. The van der Waals surface area contributed by atoms with E-state index in [1.165, 1.54) is 0 Å². The topological polar surface area (TPSA) is 84.5 Å². The average molecular weight is 392 g/mol. The molecule has 2 aromatic rings. The van der Waals surface area contributed by atoms with Crippen molar-refractivity contribution >= 4 is 23.5 Å². The van der Waals surface area contributed by atoms with Crippen LogP contribution in [0.2, 0.25) is 0 Å². The second kappa shape index (κ2) is 7.70. The molecule has 0 bridgehead atoms. The minimum Gasteiger partial charge on any atom is -0.445 e. The van der Waals surface area contributed by atoms with E-state index in [1.807, 2.05) is 12.1 Å². The summed E-state index contributed by atoms with van der Waals surface area (Å²) in [6.07, 6.45) is 4.47. The number of anilines is 1. The molecule has 2 aromatic carbocycles. The number of hydrogen-bond donors (Lipinski definition) is 2. The second-order valence-corrected chi connectivity index (χ2v) is 7.91. The van der Waals surface area contributed by atoms with Gasteiger partial charge in [-0.3, -0.25) is 9.59 Å². The van der Waals surface area contributed by atoms with Crippen LogP contribution in [-0.2, 0) is 16.0 Å². The van der Waals surface area contributed by atoms with E-state index >= 15 is 0 Å². The number of rotatable bonds is 4. The number of nitrogens with one attached hydrogen (secondary N) is 2. The number of carbonyl (C=O) groups is 3. The lowest BCUT2D eigenvalue weighted by molar-refractivity contribution is -0.134. The molecule has 0 aromatic heterocycles. The lowest BCUT2D eigenvalue weighted by Gasteiger charge is -2.33. The largest absolute Gasteiger partial charge is 0.445 e. The predicted molar refractivity (Wildman–Crippen MR) is 109 cm³/mol. The highest BCUT2D eigenvalue weighted by Gasteiger charge is 2.42. The van der Waals surface area contributed by atoms with Gasteiger partial charge in [0.1, 0.15) is 0 Å². The molecule has 2 amide bonds. The van der Waals surface area contributed by atoms with Gasteiger partial charge in [0.15, 0.2) is 5.60 Å². The summed E-state index contributed by atoms with van der Waals surface area (Å²) in [6.45, 7) is 1.59. The quantitative estimate of drug-likeness (QED) is 0.781. The van der Waals surface area contributed by atoms with Gasteiger partial charge in [-0.25, -0.2) is 4.79 Å². The summed E-state index contributed by atoms with van der Waals surface area (Å²) in [5.74, 6) is -1.18. The van der Waals surface area contributed by atoms with Crippen molar-refractivity contribution in [1.29, 1.82) is 0 Å². The highest BCUT2D eigenvalue weighted by Crippen LogP contribution is 2.30. The normalized spacial score (nSPS) is 21.2. The molecule has 2 N–H and O–H groups in total. The van der Waals surface area contributed by atoms with Crippen molar-refractivity contribution < 1.29 is 19.1 Å². The van der Waals surface area contributed by atoms with Crippen LogP contribution in [0, 0.1) is 0 Å². The van der Waals surface area contributed by atoms with Crippen molar-refractivity contribution in [3.63, 3.8) is 0 Å². The number of cyclic esters (lactones) is 1. The molecule has 1 fully saturated rings. The molecule has 1 saturated carbocycles. The van der Waals surface area contributed by atoms with E-state index in [-0.39, 0.29) is 18.4 Å². The molecule has 0 spiro atoms.